The molecule has 0 radical (unpaired) electrons. The van der Waals surface area contributed by atoms with E-state index < -0.39 is 0 Å². The maximum Gasteiger partial charge on any atom is 0.119 e. The number of hydrogen-bond acceptors (Lipinski definition) is 3. The molecule has 2 aromatic carbocycles. The van der Waals surface area contributed by atoms with Crippen molar-refractivity contribution in [1.82, 2.24) is 5.32 Å². The van der Waals surface area contributed by atoms with Gasteiger partial charge in [-0.3, -0.25) is 0 Å². The minimum Gasteiger partial charge on any atom is -0.493 e. The zero-order chi connectivity index (χ0) is 14.8. The van der Waals surface area contributed by atoms with Crippen molar-refractivity contribution in [3.63, 3.8) is 0 Å². The fraction of sp³-hybridized carbons (Fsp3) is 0.333. The minimum atomic E-state index is 0.699. The van der Waals surface area contributed by atoms with Gasteiger partial charge in [0.2, 0.25) is 0 Å². The van der Waals surface area contributed by atoms with E-state index in [1.54, 1.807) is 7.11 Å². The normalized spacial score (nSPS) is 10.5. The summed E-state index contributed by atoms with van der Waals surface area (Å²) in [5.41, 5.74) is 2.53. The second kappa shape index (κ2) is 9.16. The van der Waals surface area contributed by atoms with Gasteiger partial charge in [-0.2, -0.15) is 0 Å². The quantitative estimate of drug-likeness (QED) is 0.718. The van der Waals surface area contributed by atoms with Gasteiger partial charge in [-0.05, 0) is 23.3 Å². The highest BCUT2D eigenvalue weighted by atomic mass is 16.5. The lowest BCUT2D eigenvalue weighted by molar-refractivity contribution is 0.199. The molecule has 0 saturated carbocycles. The van der Waals surface area contributed by atoms with Gasteiger partial charge in [0.05, 0.1) is 13.2 Å². The Morgan fingerprint density at radius 3 is 2.52 bits per heavy atom. The van der Waals surface area contributed by atoms with Crippen LogP contribution < -0.4 is 10.1 Å². The fourth-order valence-electron chi connectivity index (χ4n) is 2.08. The topological polar surface area (TPSA) is 30.5 Å². The molecule has 0 amide bonds. The van der Waals surface area contributed by atoms with E-state index in [2.05, 4.69) is 41.7 Å². The summed E-state index contributed by atoms with van der Waals surface area (Å²) >= 11 is 0. The molecule has 112 valence electrons. The fourth-order valence-corrected chi connectivity index (χ4v) is 2.08. The van der Waals surface area contributed by atoms with Crippen LogP contribution in [-0.4, -0.2) is 26.9 Å². The maximum atomic E-state index is 5.83. The molecule has 1 N–H and O–H groups in total. The highest BCUT2D eigenvalue weighted by molar-refractivity contribution is 5.28. The van der Waals surface area contributed by atoms with Gasteiger partial charge in [0.25, 0.3) is 0 Å². The van der Waals surface area contributed by atoms with Crippen molar-refractivity contribution in [3.05, 3.63) is 65.7 Å². The van der Waals surface area contributed by atoms with Crippen LogP contribution in [0.4, 0.5) is 0 Å². The van der Waals surface area contributed by atoms with Gasteiger partial charge in [-0.1, -0.05) is 42.5 Å². The van der Waals surface area contributed by atoms with E-state index in [-0.39, 0.29) is 0 Å². The molecule has 3 heteroatoms. The largest absolute Gasteiger partial charge is 0.493 e. The summed E-state index contributed by atoms with van der Waals surface area (Å²) in [6.45, 7) is 3.12. The standard InChI is InChI=1S/C18H23NO2/c1-20-13-11-19-15-17-8-5-9-18(14-17)21-12-10-16-6-3-2-4-7-16/h2-9,14,19H,10-13,15H2,1H3. The molecule has 0 bridgehead atoms. The highest BCUT2D eigenvalue weighted by Gasteiger charge is 1.98. The molecule has 2 aromatic rings. The van der Waals surface area contributed by atoms with Crippen LogP contribution in [0.5, 0.6) is 5.75 Å². The molecule has 0 aliphatic heterocycles. The molecule has 0 spiro atoms. The Kier molecular flexibility index (Phi) is 6.78. The molecule has 21 heavy (non-hydrogen) atoms. The summed E-state index contributed by atoms with van der Waals surface area (Å²) in [6.07, 6.45) is 0.928. The van der Waals surface area contributed by atoms with Crippen LogP contribution in [0.3, 0.4) is 0 Å². The smallest absolute Gasteiger partial charge is 0.119 e. The summed E-state index contributed by atoms with van der Waals surface area (Å²) in [5.74, 6) is 0.928. The van der Waals surface area contributed by atoms with E-state index in [0.29, 0.717) is 6.61 Å². The van der Waals surface area contributed by atoms with Crippen LogP contribution in [-0.2, 0) is 17.7 Å². The number of ether oxygens (including phenoxy) is 2. The molecular formula is C18H23NO2. The highest BCUT2D eigenvalue weighted by Crippen LogP contribution is 2.13. The Labute approximate surface area is 126 Å². The zero-order valence-corrected chi connectivity index (χ0v) is 12.5. The first-order chi connectivity index (χ1) is 10.4. The summed E-state index contributed by atoms with van der Waals surface area (Å²) in [5, 5.41) is 3.33. The Morgan fingerprint density at radius 1 is 0.905 bits per heavy atom. The second-order valence-corrected chi connectivity index (χ2v) is 4.90. The van der Waals surface area contributed by atoms with Gasteiger partial charge in [0.15, 0.2) is 0 Å². The molecule has 0 unspecified atom stereocenters. The van der Waals surface area contributed by atoms with Crippen molar-refractivity contribution in [3.8, 4) is 5.75 Å². The molecule has 0 aliphatic rings. The van der Waals surface area contributed by atoms with Gasteiger partial charge in [-0.15, -0.1) is 0 Å². The third-order valence-electron chi connectivity index (χ3n) is 3.21. The van der Waals surface area contributed by atoms with E-state index in [9.17, 15) is 0 Å². The van der Waals surface area contributed by atoms with Crippen LogP contribution in [0, 0.1) is 0 Å². The van der Waals surface area contributed by atoms with Crippen LogP contribution in [0.25, 0.3) is 0 Å². The second-order valence-electron chi connectivity index (χ2n) is 4.90. The molecule has 0 atom stereocenters. The summed E-state index contributed by atoms with van der Waals surface area (Å²) in [6, 6.07) is 18.6. The monoisotopic (exact) mass is 285 g/mol. The molecule has 0 heterocycles. The number of benzene rings is 2. The Morgan fingerprint density at radius 2 is 1.71 bits per heavy atom. The third kappa shape index (κ3) is 5.98. The molecule has 0 saturated heterocycles. The summed E-state index contributed by atoms with van der Waals surface area (Å²) in [4.78, 5) is 0. The van der Waals surface area contributed by atoms with Crippen molar-refractivity contribution in [2.45, 2.75) is 13.0 Å². The van der Waals surface area contributed by atoms with Gasteiger partial charge in [-0.25, -0.2) is 0 Å². The minimum absolute atomic E-state index is 0.699. The SMILES string of the molecule is COCCNCc1cccc(OCCc2ccccc2)c1. The van der Waals surface area contributed by atoms with Gasteiger partial charge in [0, 0.05) is 26.6 Å². The number of nitrogens with one attached hydrogen (secondary N) is 1. The summed E-state index contributed by atoms with van der Waals surface area (Å²) in [7, 11) is 1.71. The van der Waals surface area contributed by atoms with Crippen molar-refractivity contribution >= 4 is 0 Å². The molecule has 0 aromatic heterocycles. The van der Waals surface area contributed by atoms with Crippen molar-refractivity contribution < 1.29 is 9.47 Å². The van der Waals surface area contributed by atoms with E-state index in [1.165, 1.54) is 11.1 Å². The molecule has 2 rings (SSSR count). The van der Waals surface area contributed by atoms with Crippen LogP contribution in [0.2, 0.25) is 0 Å². The molecule has 0 fully saturated rings. The van der Waals surface area contributed by atoms with Gasteiger partial charge < -0.3 is 14.8 Å². The Balaban J connectivity index is 1.75. The van der Waals surface area contributed by atoms with Crippen molar-refractivity contribution in [1.29, 1.82) is 0 Å². The van der Waals surface area contributed by atoms with E-state index in [1.807, 2.05) is 18.2 Å². The lowest BCUT2D eigenvalue weighted by Gasteiger charge is -2.09. The van der Waals surface area contributed by atoms with Crippen LogP contribution >= 0.6 is 0 Å². The van der Waals surface area contributed by atoms with Crippen LogP contribution in [0.15, 0.2) is 54.6 Å². The number of hydrogen-bond donors (Lipinski definition) is 1. The van der Waals surface area contributed by atoms with Crippen molar-refractivity contribution in [2.24, 2.45) is 0 Å². The predicted octanol–water partition coefficient (Wildman–Crippen LogP) is 3.04. The molecular weight excluding hydrogens is 262 g/mol. The zero-order valence-electron chi connectivity index (χ0n) is 12.5. The first-order valence-corrected chi connectivity index (χ1v) is 7.34. The first-order valence-electron chi connectivity index (χ1n) is 7.34. The Bertz CT molecular complexity index is 514. The van der Waals surface area contributed by atoms with Crippen molar-refractivity contribution in [2.75, 3.05) is 26.9 Å². The first kappa shape index (κ1) is 15.5. The number of methoxy groups -OCH3 is 1. The van der Waals surface area contributed by atoms with Crippen LogP contribution in [0.1, 0.15) is 11.1 Å². The molecule has 0 aliphatic carbocycles. The number of rotatable bonds is 9. The maximum absolute atomic E-state index is 5.83. The van der Waals surface area contributed by atoms with Gasteiger partial charge >= 0.3 is 0 Å². The average molecular weight is 285 g/mol. The third-order valence-corrected chi connectivity index (χ3v) is 3.21. The van der Waals surface area contributed by atoms with E-state index in [0.717, 1.165) is 31.9 Å². The predicted molar refractivity (Wildman–Crippen MR) is 85.7 cm³/mol. The van der Waals surface area contributed by atoms with E-state index in [4.69, 9.17) is 9.47 Å². The summed E-state index contributed by atoms with van der Waals surface area (Å²) < 4.78 is 10.8. The van der Waals surface area contributed by atoms with Gasteiger partial charge in [0.1, 0.15) is 5.75 Å². The lowest BCUT2D eigenvalue weighted by atomic mass is 10.2. The lowest BCUT2D eigenvalue weighted by Crippen LogP contribution is -2.18. The Hall–Kier alpha value is -1.84. The average Bonchev–Trinajstić information content (AvgIpc) is 2.53. The van der Waals surface area contributed by atoms with E-state index >= 15 is 0 Å². The molecule has 3 nitrogen and oxygen atoms in total.